The highest BCUT2D eigenvalue weighted by Gasteiger charge is 2.40. The van der Waals surface area contributed by atoms with Gasteiger partial charge in [0, 0.05) is 6.42 Å². The molecule has 1 amide bonds. The molecule has 104 valence electrons. The number of alkyl halides is 3. The summed E-state index contributed by atoms with van der Waals surface area (Å²) in [5.41, 5.74) is 0.287. The number of rotatable bonds is 4. The third-order valence-corrected chi connectivity index (χ3v) is 2.21. The van der Waals surface area contributed by atoms with Crippen LogP contribution in [0.25, 0.3) is 0 Å². The predicted octanol–water partition coefficient (Wildman–Crippen LogP) is 1.07. The van der Waals surface area contributed by atoms with Crippen LogP contribution in [0.1, 0.15) is 5.56 Å². The Hall–Kier alpha value is -2.25. The molecule has 0 aliphatic heterocycles. The van der Waals surface area contributed by atoms with E-state index in [-0.39, 0.29) is 17.7 Å². The zero-order valence-corrected chi connectivity index (χ0v) is 9.44. The number of carbonyl (C=O) groups excluding carboxylic acids is 1. The van der Waals surface area contributed by atoms with Crippen LogP contribution in [0.5, 0.6) is 5.75 Å². The molecule has 0 saturated carbocycles. The summed E-state index contributed by atoms with van der Waals surface area (Å²) in [5.74, 6) is -4.07. The van der Waals surface area contributed by atoms with Crippen LogP contribution in [0.4, 0.5) is 13.2 Å². The first-order chi connectivity index (χ1) is 8.70. The fourth-order valence-corrected chi connectivity index (χ4v) is 1.36. The molecular weight excluding hydrogens is 267 g/mol. The number of amides is 1. The van der Waals surface area contributed by atoms with Crippen LogP contribution in [0.3, 0.4) is 0 Å². The minimum Gasteiger partial charge on any atom is -0.508 e. The van der Waals surface area contributed by atoms with Crippen LogP contribution in [-0.4, -0.2) is 34.3 Å². The monoisotopic (exact) mass is 277 g/mol. The number of phenolic OH excluding ortho intramolecular Hbond substituents is 1. The number of halogens is 3. The maximum atomic E-state index is 12.0. The summed E-state index contributed by atoms with van der Waals surface area (Å²) < 4.78 is 36.1. The Bertz CT molecular complexity index is 487. The Morgan fingerprint density at radius 2 is 1.95 bits per heavy atom. The highest BCUT2D eigenvalue weighted by atomic mass is 19.4. The molecule has 1 aromatic carbocycles. The molecule has 3 N–H and O–H groups in total. The van der Waals surface area contributed by atoms with Crippen LogP contribution >= 0.6 is 0 Å². The number of aromatic hydroxyl groups is 1. The van der Waals surface area contributed by atoms with E-state index in [4.69, 9.17) is 10.2 Å². The summed E-state index contributed by atoms with van der Waals surface area (Å²) in [6.45, 7) is 0. The van der Waals surface area contributed by atoms with Gasteiger partial charge in [-0.15, -0.1) is 0 Å². The van der Waals surface area contributed by atoms with Crippen molar-refractivity contribution in [1.29, 1.82) is 0 Å². The number of carboxylic acid groups (broad SMARTS) is 1. The van der Waals surface area contributed by atoms with Gasteiger partial charge in [0.25, 0.3) is 0 Å². The van der Waals surface area contributed by atoms with Crippen molar-refractivity contribution in [3.8, 4) is 5.75 Å². The largest absolute Gasteiger partial charge is 0.508 e. The van der Waals surface area contributed by atoms with Gasteiger partial charge < -0.3 is 15.5 Å². The van der Waals surface area contributed by atoms with Crippen LogP contribution in [0, 0.1) is 0 Å². The van der Waals surface area contributed by atoms with Gasteiger partial charge in [-0.1, -0.05) is 12.1 Å². The van der Waals surface area contributed by atoms with E-state index in [0.717, 1.165) is 0 Å². The molecule has 5 nitrogen and oxygen atoms in total. The van der Waals surface area contributed by atoms with E-state index in [9.17, 15) is 22.8 Å². The molecule has 0 radical (unpaired) electrons. The van der Waals surface area contributed by atoms with Crippen LogP contribution < -0.4 is 5.32 Å². The maximum Gasteiger partial charge on any atom is 0.471 e. The van der Waals surface area contributed by atoms with Crippen molar-refractivity contribution < 1.29 is 33.0 Å². The molecule has 0 aliphatic carbocycles. The summed E-state index contributed by atoms with van der Waals surface area (Å²) >= 11 is 0. The van der Waals surface area contributed by atoms with E-state index in [0.29, 0.717) is 0 Å². The van der Waals surface area contributed by atoms with E-state index in [1.54, 1.807) is 0 Å². The molecular formula is C11H10F3NO4. The second-order valence-electron chi connectivity index (χ2n) is 3.74. The highest BCUT2D eigenvalue weighted by Crippen LogP contribution is 2.16. The average Bonchev–Trinajstić information content (AvgIpc) is 2.26. The topological polar surface area (TPSA) is 86.6 Å². The van der Waals surface area contributed by atoms with E-state index in [2.05, 4.69) is 0 Å². The molecule has 0 unspecified atom stereocenters. The number of carbonyl (C=O) groups is 2. The van der Waals surface area contributed by atoms with E-state index in [1.165, 1.54) is 29.6 Å². The van der Waals surface area contributed by atoms with Crippen molar-refractivity contribution in [2.75, 3.05) is 0 Å². The Morgan fingerprint density at radius 3 is 2.42 bits per heavy atom. The molecule has 1 rings (SSSR count). The van der Waals surface area contributed by atoms with Crippen molar-refractivity contribution in [3.05, 3.63) is 29.8 Å². The standard InChI is InChI=1S/C11H10F3NO4/c12-11(13,14)10(19)15-8(9(17)18)5-6-2-1-3-7(16)4-6/h1-4,8,16H,5H2,(H,15,19)(H,17,18)/t8-/m1/s1. The number of carboxylic acids is 1. The molecule has 0 bridgehead atoms. The minimum atomic E-state index is -5.15. The van der Waals surface area contributed by atoms with Crippen LogP contribution in [-0.2, 0) is 16.0 Å². The lowest BCUT2D eigenvalue weighted by atomic mass is 10.1. The average molecular weight is 277 g/mol. The van der Waals surface area contributed by atoms with Crippen LogP contribution in [0.2, 0.25) is 0 Å². The van der Waals surface area contributed by atoms with Gasteiger partial charge in [-0.2, -0.15) is 13.2 Å². The van der Waals surface area contributed by atoms with Crippen molar-refractivity contribution in [2.24, 2.45) is 0 Å². The third-order valence-electron chi connectivity index (χ3n) is 2.21. The number of hydrogen-bond acceptors (Lipinski definition) is 3. The zero-order valence-electron chi connectivity index (χ0n) is 9.44. The number of benzene rings is 1. The normalized spacial score (nSPS) is 12.8. The summed E-state index contributed by atoms with van der Waals surface area (Å²) in [6, 6.07) is 3.64. The lowest BCUT2D eigenvalue weighted by Crippen LogP contribution is -2.47. The highest BCUT2D eigenvalue weighted by molar-refractivity contribution is 5.87. The van der Waals surface area contributed by atoms with Crippen LogP contribution in [0.15, 0.2) is 24.3 Å². The quantitative estimate of drug-likeness (QED) is 0.768. The summed E-state index contributed by atoms with van der Waals surface area (Å²) in [7, 11) is 0. The molecule has 19 heavy (non-hydrogen) atoms. The minimum absolute atomic E-state index is 0.149. The van der Waals surface area contributed by atoms with Gasteiger partial charge in [0.2, 0.25) is 0 Å². The Kier molecular flexibility index (Phi) is 4.36. The summed E-state index contributed by atoms with van der Waals surface area (Å²) in [6.07, 6.45) is -5.52. The zero-order chi connectivity index (χ0) is 14.6. The van der Waals surface area contributed by atoms with Gasteiger partial charge in [0.15, 0.2) is 0 Å². The molecule has 0 aliphatic rings. The molecule has 0 heterocycles. The van der Waals surface area contributed by atoms with Crippen molar-refractivity contribution in [2.45, 2.75) is 18.6 Å². The van der Waals surface area contributed by atoms with Gasteiger partial charge >= 0.3 is 18.1 Å². The SMILES string of the molecule is O=C(O)[C@@H](Cc1cccc(O)c1)NC(=O)C(F)(F)F. The Balaban J connectivity index is 2.80. The second-order valence-corrected chi connectivity index (χ2v) is 3.74. The first-order valence-electron chi connectivity index (χ1n) is 5.08. The van der Waals surface area contributed by atoms with Crippen molar-refractivity contribution in [1.82, 2.24) is 5.32 Å². The molecule has 8 heteroatoms. The molecule has 0 spiro atoms. The van der Waals surface area contributed by atoms with Gasteiger partial charge in [-0.3, -0.25) is 4.79 Å². The smallest absolute Gasteiger partial charge is 0.471 e. The van der Waals surface area contributed by atoms with Gasteiger partial charge in [-0.25, -0.2) is 4.79 Å². The lowest BCUT2D eigenvalue weighted by molar-refractivity contribution is -0.175. The number of phenols is 1. The van der Waals surface area contributed by atoms with E-state index in [1.807, 2.05) is 0 Å². The Labute approximate surface area is 105 Å². The fourth-order valence-electron chi connectivity index (χ4n) is 1.36. The first-order valence-corrected chi connectivity index (χ1v) is 5.08. The summed E-state index contributed by atoms with van der Waals surface area (Å²) in [5, 5.41) is 19.3. The summed E-state index contributed by atoms with van der Waals surface area (Å²) in [4.78, 5) is 21.5. The fraction of sp³-hybridized carbons (Fsp3) is 0.273. The van der Waals surface area contributed by atoms with E-state index >= 15 is 0 Å². The van der Waals surface area contributed by atoms with Crippen molar-refractivity contribution in [3.63, 3.8) is 0 Å². The number of nitrogens with one attached hydrogen (secondary N) is 1. The van der Waals surface area contributed by atoms with Gasteiger partial charge in [0.05, 0.1) is 0 Å². The maximum absolute atomic E-state index is 12.0. The first kappa shape index (κ1) is 14.8. The molecule has 0 fully saturated rings. The van der Waals surface area contributed by atoms with Crippen molar-refractivity contribution >= 4 is 11.9 Å². The third kappa shape index (κ3) is 4.49. The molecule has 1 aromatic rings. The number of aliphatic carboxylic acids is 1. The molecule has 1 atom stereocenters. The predicted molar refractivity (Wildman–Crippen MR) is 57.4 cm³/mol. The lowest BCUT2D eigenvalue weighted by Gasteiger charge is -2.15. The molecule has 0 aromatic heterocycles. The number of hydrogen-bond donors (Lipinski definition) is 3. The van der Waals surface area contributed by atoms with Gasteiger partial charge in [-0.05, 0) is 17.7 Å². The molecule has 0 saturated heterocycles. The van der Waals surface area contributed by atoms with E-state index < -0.39 is 24.1 Å². The van der Waals surface area contributed by atoms with Gasteiger partial charge in [0.1, 0.15) is 11.8 Å². The second kappa shape index (κ2) is 5.59. The Morgan fingerprint density at radius 1 is 1.32 bits per heavy atom.